The number of halogens is 2. The van der Waals surface area contributed by atoms with E-state index in [1.807, 2.05) is 31.2 Å². The molecule has 0 aliphatic rings. The summed E-state index contributed by atoms with van der Waals surface area (Å²) in [5.41, 5.74) is 6.32. The third-order valence-corrected chi connectivity index (χ3v) is 5.06. The number of alkyl halides is 2. The van der Waals surface area contributed by atoms with Gasteiger partial charge >= 0.3 is 0 Å². The highest BCUT2D eigenvalue weighted by molar-refractivity contribution is 7.99. The topological polar surface area (TPSA) is 46.2 Å². The standard InChI is InChI=1S/C17H27F2NOS/c1-3-17(18,19)9-7-13(2)12-22-15-6-4-5-14(11-15)16(21)8-10-20/h4-6,11,13,16,21H,3,7-10,12,20H2,1-2H3. The number of aliphatic hydroxyl groups is 1. The highest BCUT2D eigenvalue weighted by atomic mass is 32.2. The lowest BCUT2D eigenvalue weighted by Crippen LogP contribution is -2.16. The van der Waals surface area contributed by atoms with E-state index in [9.17, 15) is 13.9 Å². The van der Waals surface area contributed by atoms with Crippen molar-refractivity contribution in [2.24, 2.45) is 11.7 Å². The average Bonchev–Trinajstić information content (AvgIpc) is 2.51. The van der Waals surface area contributed by atoms with Gasteiger partial charge in [-0.2, -0.15) is 0 Å². The largest absolute Gasteiger partial charge is 0.388 e. The first-order valence-electron chi connectivity index (χ1n) is 7.86. The van der Waals surface area contributed by atoms with Crippen LogP contribution in [0.1, 0.15) is 51.2 Å². The van der Waals surface area contributed by atoms with Crippen LogP contribution < -0.4 is 5.73 Å². The molecule has 0 aliphatic carbocycles. The number of thioether (sulfide) groups is 1. The number of hydrogen-bond donors (Lipinski definition) is 2. The van der Waals surface area contributed by atoms with Gasteiger partial charge in [-0.3, -0.25) is 0 Å². The molecular formula is C17H27F2NOS. The lowest BCUT2D eigenvalue weighted by molar-refractivity contribution is -0.0158. The Morgan fingerprint density at radius 1 is 1.32 bits per heavy atom. The van der Waals surface area contributed by atoms with Crippen molar-refractivity contribution < 1.29 is 13.9 Å². The van der Waals surface area contributed by atoms with Gasteiger partial charge in [0.15, 0.2) is 0 Å². The Morgan fingerprint density at radius 2 is 2.05 bits per heavy atom. The van der Waals surface area contributed by atoms with Gasteiger partial charge in [-0.25, -0.2) is 8.78 Å². The maximum absolute atomic E-state index is 13.2. The molecule has 2 nitrogen and oxygen atoms in total. The SMILES string of the molecule is CCC(F)(F)CCC(C)CSc1cccc(C(O)CCN)c1. The smallest absolute Gasteiger partial charge is 0.247 e. The second-order valence-electron chi connectivity index (χ2n) is 5.83. The van der Waals surface area contributed by atoms with Gasteiger partial charge < -0.3 is 10.8 Å². The molecule has 5 heteroatoms. The third kappa shape index (κ3) is 7.07. The van der Waals surface area contributed by atoms with Crippen molar-refractivity contribution in [1.29, 1.82) is 0 Å². The summed E-state index contributed by atoms with van der Waals surface area (Å²) in [7, 11) is 0. The van der Waals surface area contributed by atoms with Crippen LogP contribution in [0, 0.1) is 5.92 Å². The first-order chi connectivity index (χ1) is 10.4. The Kier molecular flexibility index (Phi) is 8.36. The summed E-state index contributed by atoms with van der Waals surface area (Å²) in [4.78, 5) is 1.06. The van der Waals surface area contributed by atoms with E-state index in [0.717, 1.165) is 16.2 Å². The van der Waals surface area contributed by atoms with E-state index in [-0.39, 0.29) is 18.8 Å². The minimum atomic E-state index is -2.54. The monoisotopic (exact) mass is 331 g/mol. The van der Waals surface area contributed by atoms with Crippen LogP contribution in [0.25, 0.3) is 0 Å². The molecule has 0 heterocycles. The predicted octanol–water partition coefficient (Wildman–Crippen LogP) is 4.62. The number of aliphatic hydroxyl groups excluding tert-OH is 1. The number of rotatable bonds is 10. The molecule has 0 radical (unpaired) electrons. The fourth-order valence-electron chi connectivity index (χ4n) is 2.09. The van der Waals surface area contributed by atoms with E-state index in [4.69, 9.17) is 5.73 Å². The minimum absolute atomic E-state index is 0.0412. The van der Waals surface area contributed by atoms with E-state index < -0.39 is 12.0 Å². The average molecular weight is 331 g/mol. The Labute approximate surface area is 136 Å². The first kappa shape index (κ1) is 19.4. The Balaban J connectivity index is 2.45. The molecule has 1 rings (SSSR count). The summed E-state index contributed by atoms with van der Waals surface area (Å²) in [5.74, 6) is -1.50. The van der Waals surface area contributed by atoms with E-state index in [1.54, 1.807) is 11.8 Å². The zero-order chi connectivity index (χ0) is 16.6. The van der Waals surface area contributed by atoms with Gasteiger partial charge in [0.25, 0.3) is 0 Å². The maximum Gasteiger partial charge on any atom is 0.247 e. The van der Waals surface area contributed by atoms with Crippen LogP contribution in [-0.4, -0.2) is 23.3 Å². The van der Waals surface area contributed by atoms with Crippen LogP contribution in [-0.2, 0) is 0 Å². The lowest BCUT2D eigenvalue weighted by atomic mass is 10.0. The molecule has 0 saturated carbocycles. The van der Waals surface area contributed by atoms with E-state index >= 15 is 0 Å². The molecule has 0 spiro atoms. The van der Waals surface area contributed by atoms with Crippen molar-refractivity contribution in [2.45, 2.75) is 56.5 Å². The molecule has 0 saturated heterocycles. The van der Waals surface area contributed by atoms with Gasteiger partial charge in [-0.15, -0.1) is 11.8 Å². The molecule has 3 N–H and O–H groups in total. The quantitative estimate of drug-likeness (QED) is 0.615. The van der Waals surface area contributed by atoms with Gasteiger partial charge in [0.1, 0.15) is 0 Å². The van der Waals surface area contributed by atoms with Crippen LogP contribution >= 0.6 is 11.8 Å². The normalized spacial score (nSPS) is 14.8. The third-order valence-electron chi connectivity index (χ3n) is 3.74. The van der Waals surface area contributed by atoms with E-state index in [1.165, 1.54) is 6.92 Å². The summed E-state index contributed by atoms with van der Waals surface area (Å²) in [6.07, 6.45) is 0.403. The Bertz CT molecular complexity index is 442. The molecule has 0 aromatic heterocycles. The van der Waals surface area contributed by atoms with Crippen LogP contribution in [0.5, 0.6) is 0 Å². The summed E-state index contributed by atoms with van der Waals surface area (Å²) < 4.78 is 26.5. The molecule has 0 fully saturated rings. The number of benzene rings is 1. The van der Waals surface area contributed by atoms with E-state index in [0.29, 0.717) is 19.4 Å². The fourth-order valence-corrected chi connectivity index (χ4v) is 3.13. The number of hydrogen-bond acceptors (Lipinski definition) is 3. The minimum Gasteiger partial charge on any atom is -0.388 e. The Hall–Kier alpha value is -0.650. The van der Waals surface area contributed by atoms with Crippen LogP contribution in [0.2, 0.25) is 0 Å². The molecular weight excluding hydrogens is 304 g/mol. The summed E-state index contributed by atoms with van der Waals surface area (Å²) in [6, 6.07) is 7.73. The summed E-state index contributed by atoms with van der Waals surface area (Å²) in [6.45, 7) is 3.98. The molecule has 0 aliphatic heterocycles. The molecule has 126 valence electrons. The van der Waals surface area contributed by atoms with Crippen LogP contribution in [0.3, 0.4) is 0 Å². The van der Waals surface area contributed by atoms with E-state index in [2.05, 4.69) is 0 Å². The molecule has 0 bridgehead atoms. The zero-order valence-electron chi connectivity index (χ0n) is 13.4. The molecule has 2 atom stereocenters. The molecule has 1 aromatic carbocycles. The van der Waals surface area contributed by atoms with Gasteiger partial charge in [0, 0.05) is 23.5 Å². The molecule has 1 aromatic rings. The fraction of sp³-hybridized carbons (Fsp3) is 0.647. The van der Waals surface area contributed by atoms with Crippen molar-refractivity contribution in [1.82, 2.24) is 0 Å². The lowest BCUT2D eigenvalue weighted by Gasteiger charge is -2.17. The number of nitrogens with two attached hydrogens (primary N) is 1. The van der Waals surface area contributed by atoms with Gasteiger partial charge in [-0.05, 0) is 43.0 Å². The van der Waals surface area contributed by atoms with Crippen molar-refractivity contribution in [3.05, 3.63) is 29.8 Å². The van der Waals surface area contributed by atoms with Crippen molar-refractivity contribution in [3.8, 4) is 0 Å². The molecule has 22 heavy (non-hydrogen) atoms. The van der Waals surface area contributed by atoms with Gasteiger partial charge in [0.05, 0.1) is 6.10 Å². The van der Waals surface area contributed by atoms with Gasteiger partial charge in [0.2, 0.25) is 5.92 Å². The highest BCUT2D eigenvalue weighted by Crippen LogP contribution is 2.30. The summed E-state index contributed by atoms with van der Waals surface area (Å²) >= 11 is 1.65. The van der Waals surface area contributed by atoms with Gasteiger partial charge in [-0.1, -0.05) is 26.0 Å². The zero-order valence-corrected chi connectivity index (χ0v) is 14.2. The van der Waals surface area contributed by atoms with Crippen LogP contribution in [0.15, 0.2) is 29.2 Å². The predicted molar refractivity (Wildman–Crippen MR) is 89.4 cm³/mol. The second kappa shape index (κ2) is 9.48. The first-order valence-corrected chi connectivity index (χ1v) is 8.85. The summed E-state index contributed by atoms with van der Waals surface area (Å²) in [5, 5.41) is 9.95. The van der Waals surface area contributed by atoms with Crippen molar-refractivity contribution >= 4 is 11.8 Å². The Morgan fingerprint density at radius 3 is 2.68 bits per heavy atom. The van der Waals surface area contributed by atoms with Crippen molar-refractivity contribution in [3.63, 3.8) is 0 Å². The molecule has 2 unspecified atom stereocenters. The molecule has 0 amide bonds. The maximum atomic E-state index is 13.2. The second-order valence-corrected chi connectivity index (χ2v) is 6.92. The highest BCUT2D eigenvalue weighted by Gasteiger charge is 2.26. The van der Waals surface area contributed by atoms with Crippen LogP contribution in [0.4, 0.5) is 8.78 Å². The van der Waals surface area contributed by atoms with Crippen molar-refractivity contribution in [2.75, 3.05) is 12.3 Å².